The van der Waals surface area contributed by atoms with E-state index in [4.69, 9.17) is 37.9 Å². The van der Waals surface area contributed by atoms with Crippen molar-refractivity contribution in [2.45, 2.75) is 6.54 Å². The van der Waals surface area contributed by atoms with Crippen molar-refractivity contribution >= 4 is 23.2 Å². The molecule has 0 fully saturated rings. The van der Waals surface area contributed by atoms with Gasteiger partial charge in [0.25, 0.3) is 11.1 Å². The lowest BCUT2D eigenvalue weighted by atomic mass is 10.2. The molecule has 2 aromatic heterocycles. The lowest BCUT2D eigenvalue weighted by Gasteiger charge is -2.13. The summed E-state index contributed by atoms with van der Waals surface area (Å²) in [7, 11) is 1.57. The number of hydrogen-bond donors (Lipinski definition) is 1. The number of hydrogen-bond acceptors (Lipinski definition) is 7. The van der Waals surface area contributed by atoms with Gasteiger partial charge in [0.2, 0.25) is 5.69 Å². The molecule has 35 heavy (non-hydrogen) atoms. The van der Waals surface area contributed by atoms with Crippen LogP contribution in [0.4, 0.5) is 0 Å². The quantitative estimate of drug-likeness (QED) is 0.420. The molecule has 10 nitrogen and oxygen atoms in total. The average molecular weight is 512 g/mol. The Morgan fingerprint density at radius 2 is 1.69 bits per heavy atom. The second kappa shape index (κ2) is 9.89. The molecule has 0 aliphatic carbocycles. The van der Waals surface area contributed by atoms with E-state index in [0.717, 1.165) is 10.2 Å². The molecule has 4 rings (SSSR count). The molecule has 2 aromatic carbocycles. The Labute approximate surface area is 207 Å². The summed E-state index contributed by atoms with van der Waals surface area (Å²) in [6.45, 7) is 0.294. The molecule has 0 radical (unpaired) electrons. The predicted molar refractivity (Wildman–Crippen MR) is 128 cm³/mol. The Kier molecular flexibility index (Phi) is 6.73. The van der Waals surface area contributed by atoms with Crippen LogP contribution < -0.4 is 26.3 Å². The largest absolute Gasteiger partial charge is 0.497 e. The van der Waals surface area contributed by atoms with Crippen molar-refractivity contribution < 1.29 is 9.47 Å². The maximum atomic E-state index is 12.3. The highest BCUT2D eigenvalue weighted by molar-refractivity contribution is 6.37. The molecule has 0 atom stereocenters. The van der Waals surface area contributed by atoms with Crippen LogP contribution in [0.2, 0.25) is 10.0 Å². The van der Waals surface area contributed by atoms with Crippen molar-refractivity contribution in [2.24, 2.45) is 0 Å². The van der Waals surface area contributed by atoms with Crippen molar-refractivity contribution in [3.63, 3.8) is 0 Å². The second-order valence-electron chi connectivity index (χ2n) is 7.15. The minimum absolute atomic E-state index is 0.0267. The van der Waals surface area contributed by atoms with Crippen molar-refractivity contribution in [1.29, 1.82) is 5.26 Å². The van der Waals surface area contributed by atoms with Crippen LogP contribution in [0.15, 0.2) is 69.1 Å². The second-order valence-corrected chi connectivity index (χ2v) is 7.97. The summed E-state index contributed by atoms with van der Waals surface area (Å²) in [6, 6.07) is 14.4. The van der Waals surface area contributed by atoms with Crippen molar-refractivity contribution in [1.82, 2.24) is 19.3 Å². The fourth-order valence-corrected chi connectivity index (χ4v) is 3.71. The molecule has 0 aliphatic heterocycles. The molecular formula is C23H15Cl2N5O5. The highest BCUT2D eigenvalue weighted by atomic mass is 35.5. The van der Waals surface area contributed by atoms with E-state index in [1.54, 1.807) is 25.3 Å². The van der Waals surface area contributed by atoms with Gasteiger partial charge in [0.1, 0.15) is 17.6 Å². The molecular weight excluding hydrogens is 497 g/mol. The van der Waals surface area contributed by atoms with E-state index in [2.05, 4.69) is 5.10 Å². The minimum atomic E-state index is -0.907. The highest BCUT2D eigenvalue weighted by Crippen LogP contribution is 2.37. The summed E-state index contributed by atoms with van der Waals surface area (Å²) in [5.41, 5.74) is -1.54. The standard InChI is InChI=1S/C23H15Cl2N5O5/c1-34-15-4-2-13(3-5-15)11-29-12-16(6-7-20(29)31)35-21-17(24)8-14(9-18(21)25)30-23(33)27-22(32)19(10-26)28-30/h2-9,12H,11H2,1H3,(H,27,32,33). The number of halogens is 2. The van der Waals surface area contributed by atoms with Crippen molar-refractivity contribution in [3.05, 3.63) is 107 Å². The zero-order chi connectivity index (χ0) is 25.1. The zero-order valence-electron chi connectivity index (χ0n) is 18.0. The SMILES string of the molecule is COc1ccc(Cn2cc(Oc3c(Cl)cc(-n4nc(C#N)c(=O)[nH]c4=O)cc3Cl)ccc2=O)cc1. The number of H-pyrrole nitrogens is 1. The topological polar surface area (TPSA) is 132 Å². The van der Waals surface area contributed by atoms with E-state index < -0.39 is 16.9 Å². The monoisotopic (exact) mass is 511 g/mol. The molecule has 0 amide bonds. The van der Waals surface area contributed by atoms with Crippen LogP contribution in [-0.4, -0.2) is 26.4 Å². The van der Waals surface area contributed by atoms with E-state index in [-0.39, 0.29) is 27.0 Å². The third kappa shape index (κ3) is 5.11. The first-order valence-electron chi connectivity index (χ1n) is 9.93. The van der Waals surface area contributed by atoms with Crippen LogP contribution in [0.25, 0.3) is 5.69 Å². The Balaban J connectivity index is 1.64. The van der Waals surface area contributed by atoms with Crippen LogP contribution in [0, 0.1) is 11.3 Å². The Bertz CT molecular complexity index is 1610. The van der Waals surface area contributed by atoms with Crippen LogP contribution >= 0.6 is 23.2 Å². The van der Waals surface area contributed by atoms with Gasteiger partial charge >= 0.3 is 5.69 Å². The first-order valence-corrected chi connectivity index (χ1v) is 10.7. The fraction of sp³-hybridized carbons (Fsp3) is 0.0870. The molecule has 2 heterocycles. The van der Waals surface area contributed by atoms with Gasteiger partial charge in [0.05, 0.1) is 35.6 Å². The summed E-state index contributed by atoms with van der Waals surface area (Å²) in [6.07, 6.45) is 1.51. The molecule has 176 valence electrons. The Hall–Kier alpha value is -4.33. The molecule has 0 saturated heterocycles. The summed E-state index contributed by atoms with van der Waals surface area (Å²) in [5, 5.41) is 12.8. The number of methoxy groups -OCH3 is 1. The lowest BCUT2D eigenvalue weighted by molar-refractivity contribution is 0.414. The Morgan fingerprint density at radius 1 is 1.03 bits per heavy atom. The van der Waals surface area contributed by atoms with Crippen molar-refractivity contribution in [2.75, 3.05) is 7.11 Å². The van der Waals surface area contributed by atoms with Gasteiger partial charge in [-0.25, -0.2) is 4.79 Å². The fourth-order valence-electron chi connectivity index (χ4n) is 3.15. The number of ether oxygens (including phenoxy) is 2. The first-order chi connectivity index (χ1) is 16.8. The van der Waals surface area contributed by atoms with Gasteiger partial charge in [-0.05, 0) is 35.9 Å². The maximum absolute atomic E-state index is 12.3. The summed E-state index contributed by atoms with van der Waals surface area (Å²) >= 11 is 12.7. The molecule has 4 aromatic rings. The van der Waals surface area contributed by atoms with E-state index >= 15 is 0 Å². The summed E-state index contributed by atoms with van der Waals surface area (Å²) in [4.78, 5) is 38.1. The van der Waals surface area contributed by atoms with Crippen LogP contribution in [0.1, 0.15) is 11.3 Å². The molecule has 0 unspecified atom stereocenters. The number of rotatable bonds is 6. The van der Waals surface area contributed by atoms with Gasteiger partial charge in [-0.15, -0.1) is 5.10 Å². The summed E-state index contributed by atoms with van der Waals surface area (Å²) in [5.74, 6) is 1.07. The third-order valence-electron chi connectivity index (χ3n) is 4.85. The number of nitriles is 1. The minimum Gasteiger partial charge on any atom is -0.497 e. The van der Waals surface area contributed by atoms with Crippen LogP contribution in [0.5, 0.6) is 17.2 Å². The molecule has 0 aliphatic rings. The molecule has 0 bridgehead atoms. The summed E-state index contributed by atoms with van der Waals surface area (Å²) < 4.78 is 13.2. The third-order valence-corrected chi connectivity index (χ3v) is 5.41. The number of aromatic amines is 1. The molecule has 1 N–H and O–H groups in total. The van der Waals surface area contributed by atoms with E-state index in [1.165, 1.54) is 35.0 Å². The molecule has 0 saturated carbocycles. The smallest absolute Gasteiger partial charge is 0.349 e. The molecule has 12 heteroatoms. The van der Waals surface area contributed by atoms with Crippen LogP contribution in [0.3, 0.4) is 0 Å². The van der Waals surface area contributed by atoms with Gasteiger partial charge in [-0.2, -0.15) is 9.94 Å². The lowest BCUT2D eigenvalue weighted by Crippen LogP contribution is -2.33. The maximum Gasteiger partial charge on any atom is 0.349 e. The van der Waals surface area contributed by atoms with Gasteiger partial charge < -0.3 is 14.0 Å². The van der Waals surface area contributed by atoms with E-state index in [0.29, 0.717) is 18.0 Å². The van der Waals surface area contributed by atoms with Gasteiger partial charge in [0, 0.05) is 6.07 Å². The number of nitrogens with one attached hydrogen (secondary N) is 1. The van der Waals surface area contributed by atoms with E-state index in [9.17, 15) is 14.4 Å². The average Bonchev–Trinajstić information content (AvgIpc) is 2.84. The van der Waals surface area contributed by atoms with Crippen LogP contribution in [-0.2, 0) is 6.54 Å². The van der Waals surface area contributed by atoms with Gasteiger partial charge in [-0.3, -0.25) is 14.6 Å². The van der Waals surface area contributed by atoms with E-state index in [1.807, 2.05) is 17.1 Å². The molecule has 0 spiro atoms. The van der Waals surface area contributed by atoms with Gasteiger partial charge in [-0.1, -0.05) is 35.3 Å². The first kappa shape index (κ1) is 23.8. The predicted octanol–water partition coefficient (Wildman–Crippen LogP) is 3.11. The van der Waals surface area contributed by atoms with Gasteiger partial charge in [0.15, 0.2) is 5.75 Å². The number of pyridine rings is 1. The number of benzene rings is 2. The Morgan fingerprint density at radius 3 is 2.31 bits per heavy atom. The normalized spacial score (nSPS) is 10.6. The number of aromatic nitrogens is 4. The number of nitrogens with zero attached hydrogens (tertiary/aromatic N) is 4. The highest BCUT2D eigenvalue weighted by Gasteiger charge is 2.15. The van der Waals surface area contributed by atoms with Crippen molar-refractivity contribution in [3.8, 4) is 29.0 Å². The zero-order valence-corrected chi connectivity index (χ0v) is 19.5.